The van der Waals surface area contributed by atoms with Crippen LogP contribution in [0.1, 0.15) is 35.7 Å². The maximum Gasteiger partial charge on any atom is 0.262 e. The predicted molar refractivity (Wildman–Crippen MR) is 108 cm³/mol. The van der Waals surface area contributed by atoms with Gasteiger partial charge in [-0.25, -0.2) is 0 Å². The lowest BCUT2D eigenvalue weighted by atomic mass is 10.1. The molecule has 2 aromatic carbocycles. The first kappa shape index (κ1) is 19.9. The molecule has 0 bridgehead atoms. The maximum atomic E-state index is 12.3. The standard InChI is InChI=1S/C22H26N2O4/c1-2-16-6-3-9-19(12-16)28-15-21(25)24-18-8-4-7-17(13-18)22(26)23-14-20-10-5-11-27-20/h3-4,6-9,12-13,20H,2,5,10-11,14-15H2,1H3,(H,23,26)(H,24,25). The quantitative estimate of drug-likeness (QED) is 0.735. The Balaban J connectivity index is 1.50. The summed E-state index contributed by atoms with van der Waals surface area (Å²) in [6.07, 6.45) is 3.01. The van der Waals surface area contributed by atoms with Gasteiger partial charge < -0.3 is 20.1 Å². The van der Waals surface area contributed by atoms with Crippen LogP contribution in [0.25, 0.3) is 0 Å². The molecule has 28 heavy (non-hydrogen) atoms. The minimum Gasteiger partial charge on any atom is -0.484 e. The Bertz CT molecular complexity index is 816. The van der Waals surface area contributed by atoms with Gasteiger partial charge in [0.1, 0.15) is 5.75 Å². The zero-order chi connectivity index (χ0) is 19.8. The summed E-state index contributed by atoms with van der Waals surface area (Å²) in [6.45, 7) is 3.23. The van der Waals surface area contributed by atoms with Crippen molar-refractivity contribution in [1.82, 2.24) is 5.32 Å². The second kappa shape index (κ2) is 9.90. The average Bonchev–Trinajstić information content (AvgIpc) is 3.24. The molecule has 0 aromatic heterocycles. The molecule has 1 unspecified atom stereocenters. The highest BCUT2D eigenvalue weighted by molar-refractivity contribution is 5.97. The molecular formula is C22H26N2O4. The van der Waals surface area contributed by atoms with E-state index in [9.17, 15) is 9.59 Å². The fraction of sp³-hybridized carbons (Fsp3) is 0.364. The average molecular weight is 382 g/mol. The molecule has 1 saturated heterocycles. The molecule has 0 aliphatic carbocycles. The van der Waals surface area contributed by atoms with Crippen LogP contribution in [0.4, 0.5) is 5.69 Å². The van der Waals surface area contributed by atoms with Gasteiger partial charge in [-0.15, -0.1) is 0 Å². The van der Waals surface area contributed by atoms with E-state index in [0.717, 1.165) is 31.4 Å². The number of rotatable bonds is 8. The number of carbonyl (C=O) groups is 2. The second-order valence-corrected chi connectivity index (χ2v) is 6.76. The van der Waals surface area contributed by atoms with Crippen LogP contribution in [0, 0.1) is 0 Å². The van der Waals surface area contributed by atoms with E-state index in [-0.39, 0.29) is 24.5 Å². The Morgan fingerprint density at radius 1 is 1.18 bits per heavy atom. The van der Waals surface area contributed by atoms with E-state index in [2.05, 4.69) is 17.6 Å². The van der Waals surface area contributed by atoms with E-state index in [4.69, 9.17) is 9.47 Å². The third-order valence-corrected chi connectivity index (χ3v) is 4.60. The number of hydrogen-bond donors (Lipinski definition) is 2. The fourth-order valence-corrected chi connectivity index (χ4v) is 3.05. The monoisotopic (exact) mass is 382 g/mol. The SMILES string of the molecule is CCc1cccc(OCC(=O)Nc2cccc(C(=O)NCC3CCCO3)c2)c1. The number of ether oxygens (including phenoxy) is 2. The van der Waals surface area contributed by atoms with Crippen molar-refractivity contribution in [2.75, 3.05) is 25.1 Å². The predicted octanol–water partition coefficient (Wildman–Crippen LogP) is 3.18. The molecule has 2 N–H and O–H groups in total. The molecule has 1 heterocycles. The van der Waals surface area contributed by atoms with Gasteiger partial charge in [-0.3, -0.25) is 9.59 Å². The van der Waals surface area contributed by atoms with Crippen LogP contribution in [0.3, 0.4) is 0 Å². The molecule has 2 aromatic rings. The highest BCUT2D eigenvalue weighted by atomic mass is 16.5. The summed E-state index contributed by atoms with van der Waals surface area (Å²) in [4.78, 5) is 24.5. The summed E-state index contributed by atoms with van der Waals surface area (Å²) >= 11 is 0. The van der Waals surface area contributed by atoms with Crippen molar-refractivity contribution >= 4 is 17.5 Å². The molecule has 148 valence electrons. The van der Waals surface area contributed by atoms with E-state index in [1.165, 1.54) is 0 Å². The summed E-state index contributed by atoms with van der Waals surface area (Å²) in [5.41, 5.74) is 2.20. The Labute approximate surface area is 165 Å². The van der Waals surface area contributed by atoms with Gasteiger partial charge in [-0.05, 0) is 55.2 Å². The minimum absolute atomic E-state index is 0.0928. The van der Waals surface area contributed by atoms with Gasteiger partial charge in [0.15, 0.2) is 6.61 Å². The van der Waals surface area contributed by atoms with E-state index < -0.39 is 0 Å². The van der Waals surface area contributed by atoms with E-state index in [1.54, 1.807) is 24.3 Å². The van der Waals surface area contributed by atoms with Crippen LogP contribution in [0.2, 0.25) is 0 Å². The van der Waals surface area contributed by atoms with Gasteiger partial charge in [0.2, 0.25) is 0 Å². The molecule has 3 rings (SSSR count). The summed E-state index contributed by atoms with van der Waals surface area (Å²) < 4.78 is 11.1. The lowest BCUT2D eigenvalue weighted by Gasteiger charge is -2.12. The van der Waals surface area contributed by atoms with Crippen molar-refractivity contribution in [1.29, 1.82) is 0 Å². The third kappa shape index (κ3) is 5.82. The summed E-state index contributed by atoms with van der Waals surface area (Å²) in [7, 11) is 0. The third-order valence-electron chi connectivity index (χ3n) is 4.60. The van der Waals surface area contributed by atoms with Crippen molar-refractivity contribution in [2.24, 2.45) is 0 Å². The Morgan fingerprint density at radius 2 is 2.04 bits per heavy atom. The number of aryl methyl sites for hydroxylation is 1. The molecule has 2 amide bonds. The van der Waals surface area contributed by atoms with Crippen LogP contribution in [0.15, 0.2) is 48.5 Å². The Kier molecular flexibility index (Phi) is 7.03. The summed E-state index contributed by atoms with van der Waals surface area (Å²) in [5, 5.41) is 5.64. The first-order valence-corrected chi connectivity index (χ1v) is 9.65. The topological polar surface area (TPSA) is 76.7 Å². The number of benzene rings is 2. The van der Waals surface area contributed by atoms with Gasteiger partial charge in [0.25, 0.3) is 11.8 Å². The molecule has 1 aliphatic rings. The number of amides is 2. The Hall–Kier alpha value is -2.86. The molecule has 0 saturated carbocycles. The van der Waals surface area contributed by atoms with E-state index in [0.29, 0.717) is 23.5 Å². The summed E-state index contributed by atoms with van der Waals surface area (Å²) in [5.74, 6) is 0.204. The molecule has 1 fully saturated rings. The van der Waals surface area contributed by atoms with Crippen LogP contribution in [-0.2, 0) is 16.0 Å². The largest absolute Gasteiger partial charge is 0.484 e. The Morgan fingerprint density at radius 3 is 2.82 bits per heavy atom. The van der Waals surface area contributed by atoms with Crippen molar-refractivity contribution in [3.05, 3.63) is 59.7 Å². The van der Waals surface area contributed by atoms with Crippen molar-refractivity contribution < 1.29 is 19.1 Å². The van der Waals surface area contributed by atoms with Crippen molar-refractivity contribution in [3.8, 4) is 5.75 Å². The van der Waals surface area contributed by atoms with Crippen molar-refractivity contribution in [2.45, 2.75) is 32.3 Å². The fourth-order valence-electron chi connectivity index (χ4n) is 3.05. The molecule has 6 nitrogen and oxygen atoms in total. The number of carbonyl (C=O) groups excluding carboxylic acids is 2. The minimum atomic E-state index is -0.279. The molecule has 0 spiro atoms. The summed E-state index contributed by atoms with van der Waals surface area (Å²) in [6, 6.07) is 14.5. The highest BCUT2D eigenvalue weighted by Gasteiger charge is 2.17. The molecule has 1 aliphatic heterocycles. The van der Waals surface area contributed by atoms with Crippen molar-refractivity contribution in [3.63, 3.8) is 0 Å². The normalized spacial score (nSPS) is 15.8. The van der Waals surface area contributed by atoms with E-state index in [1.807, 2.05) is 24.3 Å². The second-order valence-electron chi connectivity index (χ2n) is 6.76. The number of anilines is 1. The number of nitrogens with one attached hydrogen (secondary N) is 2. The van der Waals surface area contributed by atoms with Gasteiger partial charge in [-0.2, -0.15) is 0 Å². The molecule has 1 atom stereocenters. The van der Waals surface area contributed by atoms with Gasteiger partial charge in [0.05, 0.1) is 6.10 Å². The number of hydrogen-bond acceptors (Lipinski definition) is 4. The van der Waals surface area contributed by atoms with Crippen LogP contribution in [-0.4, -0.2) is 37.7 Å². The molecule has 6 heteroatoms. The maximum absolute atomic E-state index is 12.3. The first-order valence-electron chi connectivity index (χ1n) is 9.65. The highest BCUT2D eigenvalue weighted by Crippen LogP contribution is 2.15. The van der Waals surface area contributed by atoms with Crippen LogP contribution in [0.5, 0.6) is 5.75 Å². The lowest BCUT2D eigenvalue weighted by molar-refractivity contribution is -0.118. The molecule has 0 radical (unpaired) electrons. The smallest absolute Gasteiger partial charge is 0.262 e. The van der Waals surface area contributed by atoms with Gasteiger partial charge >= 0.3 is 0 Å². The zero-order valence-electron chi connectivity index (χ0n) is 16.1. The van der Waals surface area contributed by atoms with Gasteiger partial charge in [-0.1, -0.05) is 25.1 Å². The lowest BCUT2D eigenvalue weighted by Crippen LogP contribution is -2.31. The first-order chi connectivity index (χ1) is 13.6. The van der Waals surface area contributed by atoms with Gasteiger partial charge in [0, 0.05) is 24.4 Å². The van der Waals surface area contributed by atoms with Crippen LogP contribution < -0.4 is 15.4 Å². The molecular weight excluding hydrogens is 356 g/mol. The van der Waals surface area contributed by atoms with E-state index >= 15 is 0 Å². The van der Waals surface area contributed by atoms with Crippen LogP contribution >= 0.6 is 0 Å². The zero-order valence-corrected chi connectivity index (χ0v) is 16.1.